The van der Waals surface area contributed by atoms with Gasteiger partial charge in [-0.3, -0.25) is 4.79 Å². The number of hydrogen-bond acceptors (Lipinski definition) is 5. The van der Waals surface area contributed by atoms with Gasteiger partial charge in [0.05, 0.1) is 12.0 Å². The number of carbonyl (C=O) groups excluding carboxylic acids is 1. The number of nitrogens with one attached hydrogen (secondary N) is 1. The van der Waals surface area contributed by atoms with Crippen LogP contribution in [0.15, 0.2) is 54.7 Å². The number of nitrogens with zero attached hydrogens (tertiary/aromatic N) is 1. The number of methoxy groups -OCH3 is 1. The fourth-order valence-corrected chi connectivity index (χ4v) is 4.41. The maximum absolute atomic E-state index is 13.0. The second-order valence-electron chi connectivity index (χ2n) is 7.30. The van der Waals surface area contributed by atoms with E-state index in [2.05, 4.69) is 10.3 Å². The quantitative estimate of drug-likeness (QED) is 0.469. The fourth-order valence-electron chi connectivity index (χ4n) is 3.38. The number of anilines is 1. The lowest BCUT2D eigenvalue weighted by molar-refractivity contribution is -0.118. The van der Waals surface area contributed by atoms with Crippen molar-refractivity contribution in [3.63, 3.8) is 0 Å². The Kier molecular flexibility index (Phi) is 6.37. The molecule has 1 saturated carbocycles. The van der Waals surface area contributed by atoms with Crippen molar-refractivity contribution in [2.45, 2.75) is 24.7 Å². The van der Waals surface area contributed by atoms with E-state index in [1.54, 1.807) is 13.3 Å². The van der Waals surface area contributed by atoms with Gasteiger partial charge >= 0.3 is 0 Å². The van der Waals surface area contributed by atoms with Gasteiger partial charge in [-0.25, -0.2) is 4.98 Å². The Balaban J connectivity index is 1.39. The molecular weight excluding hydrogens is 420 g/mol. The smallest absolute Gasteiger partial charge is 0.236 e. The molecule has 0 bridgehead atoms. The van der Waals surface area contributed by atoms with Gasteiger partial charge in [-0.2, -0.15) is 0 Å². The van der Waals surface area contributed by atoms with Gasteiger partial charge in [-0.05, 0) is 42.2 Å². The third-order valence-corrected chi connectivity index (χ3v) is 6.53. The Labute approximate surface area is 185 Å². The summed E-state index contributed by atoms with van der Waals surface area (Å²) >= 11 is 7.73. The fraction of sp³-hybridized carbons (Fsp3) is 0.304. The Hall–Kier alpha value is -2.41. The molecule has 0 saturated heterocycles. The van der Waals surface area contributed by atoms with E-state index in [-0.39, 0.29) is 5.91 Å². The highest BCUT2D eigenvalue weighted by atomic mass is 35.5. The standard InChI is InChI=1S/C23H23ClN2O3S/c1-28-12-13-29-18-8-6-17(7-9-18)23(10-11-23)21(27)26-22-25-15-19(30-22)14-16-4-2-3-5-20(16)24/h2-9,15H,10-14H2,1H3,(H,25,26,27). The zero-order valence-electron chi connectivity index (χ0n) is 16.7. The van der Waals surface area contributed by atoms with Gasteiger partial charge in [0.1, 0.15) is 12.4 Å². The molecule has 1 aliphatic rings. The first-order valence-corrected chi connectivity index (χ1v) is 11.0. The van der Waals surface area contributed by atoms with Crippen molar-refractivity contribution in [3.8, 4) is 5.75 Å². The predicted molar refractivity (Wildman–Crippen MR) is 120 cm³/mol. The lowest BCUT2D eigenvalue weighted by Gasteiger charge is -2.15. The number of benzene rings is 2. The van der Waals surface area contributed by atoms with Gasteiger partial charge in [-0.1, -0.05) is 41.9 Å². The SMILES string of the molecule is COCCOc1ccc(C2(C(=O)Nc3ncc(Cc4ccccc4Cl)s3)CC2)cc1. The molecule has 30 heavy (non-hydrogen) atoms. The molecule has 1 amide bonds. The van der Waals surface area contributed by atoms with Crippen LogP contribution in [0.3, 0.4) is 0 Å². The van der Waals surface area contributed by atoms with Crippen LogP contribution in [-0.4, -0.2) is 31.2 Å². The minimum absolute atomic E-state index is 0.00538. The molecule has 0 unspecified atom stereocenters. The molecule has 5 nitrogen and oxygen atoms in total. The maximum atomic E-state index is 13.0. The Morgan fingerprint density at radius 2 is 1.93 bits per heavy atom. The number of amides is 1. The maximum Gasteiger partial charge on any atom is 0.236 e. The Morgan fingerprint density at radius 3 is 2.63 bits per heavy atom. The van der Waals surface area contributed by atoms with E-state index in [1.807, 2.05) is 48.5 Å². The van der Waals surface area contributed by atoms with Crippen LogP contribution in [0.4, 0.5) is 5.13 Å². The van der Waals surface area contributed by atoms with Crippen molar-refractivity contribution in [3.05, 3.63) is 75.8 Å². The summed E-state index contributed by atoms with van der Waals surface area (Å²) in [7, 11) is 1.64. The zero-order valence-corrected chi connectivity index (χ0v) is 18.3. The molecule has 1 aromatic heterocycles. The summed E-state index contributed by atoms with van der Waals surface area (Å²) in [6.45, 7) is 1.04. The molecule has 4 rings (SSSR count). The van der Waals surface area contributed by atoms with Gasteiger partial charge < -0.3 is 14.8 Å². The van der Waals surface area contributed by atoms with Crippen LogP contribution in [0.25, 0.3) is 0 Å². The number of hydrogen-bond donors (Lipinski definition) is 1. The van der Waals surface area contributed by atoms with E-state index in [4.69, 9.17) is 21.1 Å². The first kappa shape index (κ1) is 20.8. The lowest BCUT2D eigenvalue weighted by atomic mass is 9.95. The van der Waals surface area contributed by atoms with Crippen molar-refractivity contribution in [2.24, 2.45) is 0 Å². The number of ether oxygens (including phenoxy) is 2. The number of halogens is 1. The third kappa shape index (κ3) is 4.67. The van der Waals surface area contributed by atoms with Gasteiger partial charge in [0.2, 0.25) is 5.91 Å². The van der Waals surface area contributed by atoms with Gasteiger partial charge in [-0.15, -0.1) is 11.3 Å². The summed E-state index contributed by atoms with van der Waals surface area (Å²) in [5, 5.41) is 4.37. The van der Waals surface area contributed by atoms with Crippen molar-refractivity contribution >= 4 is 34.0 Å². The molecule has 0 aliphatic heterocycles. The van der Waals surface area contributed by atoms with Crippen molar-refractivity contribution < 1.29 is 14.3 Å². The lowest BCUT2D eigenvalue weighted by Crippen LogP contribution is -2.27. The second kappa shape index (κ2) is 9.16. The first-order valence-electron chi connectivity index (χ1n) is 9.82. The van der Waals surface area contributed by atoms with Gasteiger partial charge in [0, 0.05) is 29.6 Å². The molecule has 0 radical (unpaired) electrons. The number of rotatable bonds is 9. The molecule has 3 aromatic rings. The highest BCUT2D eigenvalue weighted by Gasteiger charge is 2.51. The van der Waals surface area contributed by atoms with E-state index in [0.29, 0.717) is 24.8 Å². The highest BCUT2D eigenvalue weighted by Crippen LogP contribution is 2.49. The van der Waals surface area contributed by atoms with Crippen LogP contribution >= 0.6 is 22.9 Å². The number of thiazole rings is 1. The molecule has 1 aliphatic carbocycles. The molecule has 7 heteroatoms. The average molecular weight is 443 g/mol. The van der Waals surface area contributed by atoms with Crippen LogP contribution in [0.2, 0.25) is 5.02 Å². The zero-order chi connectivity index (χ0) is 21.0. The summed E-state index contributed by atoms with van der Waals surface area (Å²) in [4.78, 5) is 18.4. The van der Waals surface area contributed by atoms with Crippen LogP contribution < -0.4 is 10.1 Å². The van der Waals surface area contributed by atoms with Crippen LogP contribution in [-0.2, 0) is 21.4 Å². The normalized spacial score (nSPS) is 14.3. The van der Waals surface area contributed by atoms with Crippen LogP contribution in [0.1, 0.15) is 28.8 Å². The van der Waals surface area contributed by atoms with Gasteiger partial charge in [0.15, 0.2) is 5.13 Å². The van der Waals surface area contributed by atoms with Crippen molar-refractivity contribution in [1.82, 2.24) is 4.98 Å². The molecule has 1 heterocycles. The molecule has 156 valence electrons. The minimum atomic E-state index is -0.473. The summed E-state index contributed by atoms with van der Waals surface area (Å²) in [6.07, 6.45) is 4.17. The van der Waals surface area contributed by atoms with Crippen LogP contribution in [0, 0.1) is 0 Å². The number of aromatic nitrogens is 1. The van der Waals surface area contributed by atoms with E-state index in [0.717, 1.165) is 39.6 Å². The van der Waals surface area contributed by atoms with E-state index in [9.17, 15) is 4.79 Å². The second-order valence-corrected chi connectivity index (χ2v) is 8.82. The summed E-state index contributed by atoms with van der Waals surface area (Å²) in [5.74, 6) is 0.769. The predicted octanol–water partition coefficient (Wildman–Crippen LogP) is 5.08. The molecule has 2 aromatic carbocycles. The molecule has 0 spiro atoms. The molecule has 0 atom stereocenters. The molecule has 1 fully saturated rings. The summed E-state index contributed by atoms with van der Waals surface area (Å²) in [5.41, 5.74) is 1.58. The first-order chi connectivity index (χ1) is 14.6. The van der Waals surface area contributed by atoms with E-state index < -0.39 is 5.41 Å². The largest absolute Gasteiger partial charge is 0.491 e. The molecule has 1 N–H and O–H groups in total. The summed E-state index contributed by atoms with van der Waals surface area (Å²) < 4.78 is 10.6. The Bertz CT molecular complexity index is 1020. The Morgan fingerprint density at radius 1 is 1.17 bits per heavy atom. The van der Waals surface area contributed by atoms with Crippen molar-refractivity contribution in [2.75, 3.05) is 25.6 Å². The molecular formula is C23H23ClN2O3S. The van der Waals surface area contributed by atoms with E-state index >= 15 is 0 Å². The van der Waals surface area contributed by atoms with Crippen LogP contribution in [0.5, 0.6) is 5.75 Å². The monoisotopic (exact) mass is 442 g/mol. The summed E-state index contributed by atoms with van der Waals surface area (Å²) in [6, 6.07) is 15.5. The average Bonchev–Trinajstić information content (AvgIpc) is 3.46. The van der Waals surface area contributed by atoms with E-state index in [1.165, 1.54) is 11.3 Å². The minimum Gasteiger partial charge on any atom is -0.491 e. The number of carbonyl (C=O) groups is 1. The highest BCUT2D eigenvalue weighted by molar-refractivity contribution is 7.15. The third-order valence-electron chi connectivity index (χ3n) is 5.24. The van der Waals surface area contributed by atoms with Gasteiger partial charge in [0.25, 0.3) is 0 Å². The van der Waals surface area contributed by atoms with Crippen molar-refractivity contribution in [1.29, 1.82) is 0 Å². The topological polar surface area (TPSA) is 60.5 Å².